The number of nitrogens with zero attached hydrogens (tertiary/aromatic N) is 7. The van der Waals surface area contributed by atoms with Gasteiger partial charge in [0.15, 0.2) is 11.6 Å². The van der Waals surface area contributed by atoms with Gasteiger partial charge in [-0.2, -0.15) is 0 Å². The number of nitrogen functional groups attached to an aromatic ring is 1. The Labute approximate surface area is 155 Å². The van der Waals surface area contributed by atoms with Crippen LogP contribution < -0.4 is 10.6 Å². The summed E-state index contributed by atoms with van der Waals surface area (Å²) >= 11 is 1.44. The van der Waals surface area contributed by atoms with Gasteiger partial charge >= 0.3 is 0 Å². The minimum atomic E-state index is 0.253. The lowest BCUT2D eigenvalue weighted by Crippen LogP contribution is -2.16. The molecule has 0 atom stereocenters. The van der Waals surface area contributed by atoms with Gasteiger partial charge in [0.1, 0.15) is 12.4 Å². The Morgan fingerprint density at radius 3 is 2.62 bits per heavy atom. The number of nitrogens with two attached hydrogens (primary N) is 1. The van der Waals surface area contributed by atoms with Crippen LogP contribution in [0.3, 0.4) is 0 Å². The van der Waals surface area contributed by atoms with Crippen molar-refractivity contribution in [3.8, 4) is 5.75 Å². The van der Waals surface area contributed by atoms with Gasteiger partial charge in [-0.25, -0.2) is 9.36 Å². The number of hydrogen-bond donors (Lipinski definition) is 1. The predicted octanol–water partition coefficient (Wildman–Crippen LogP) is 1.88. The second-order valence-corrected chi connectivity index (χ2v) is 6.83. The molecule has 0 aliphatic heterocycles. The van der Waals surface area contributed by atoms with E-state index in [1.807, 2.05) is 32.0 Å². The van der Waals surface area contributed by atoms with Crippen LogP contribution in [0.25, 0.3) is 0 Å². The molecule has 9 nitrogen and oxygen atoms in total. The molecular formula is C16H22N8OS. The lowest BCUT2D eigenvalue weighted by molar-refractivity contribution is 0.288. The second-order valence-electron chi connectivity index (χ2n) is 5.89. The maximum absolute atomic E-state index is 6.11. The van der Waals surface area contributed by atoms with Crippen molar-refractivity contribution in [3.05, 3.63) is 41.0 Å². The molecule has 0 aliphatic rings. The predicted molar refractivity (Wildman–Crippen MR) is 98.1 cm³/mol. The van der Waals surface area contributed by atoms with Crippen LogP contribution in [0.2, 0.25) is 0 Å². The molecule has 10 heteroatoms. The zero-order valence-corrected chi connectivity index (χ0v) is 15.9. The number of hydrogen-bond acceptors (Lipinski definition) is 8. The largest absolute Gasteiger partial charge is 0.485 e. The van der Waals surface area contributed by atoms with Gasteiger partial charge in [-0.1, -0.05) is 36.9 Å². The molecule has 1 aromatic carbocycles. The van der Waals surface area contributed by atoms with Crippen LogP contribution in [-0.2, 0) is 18.9 Å². The van der Waals surface area contributed by atoms with Crippen molar-refractivity contribution in [2.75, 3.05) is 5.84 Å². The van der Waals surface area contributed by atoms with Crippen molar-refractivity contribution in [2.24, 2.45) is 0 Å². The molecule has 0 bridgehead atoms. The van der Waals surface area contributed by atoms with E-state index < -0.39 is 0 Å². The van der Waals surface area contributed by atoms with E-state index in [0.29, 0.717) is 16.7 Å². The maximum atomic E-state index is 6.11. The molecular weight excluding hydrogens is 352 g/mol. The molecule has 0 saturated heterocycles. The summed E-state index contributed by atoms with van der Waals surface area (Å²) in [6.07, 6.45) is 0.968. The lowest BCUT2D eigenvalue weighted by atomic mass is 10.1. The summed E-state index contributed by atoms with van der Waals surface area (Å²) in [6, 6.07) is 6.03. The first-order valence-electron chi connectivity index (χ1n) is 8.36. The summed E-state index contributed by atoms with van der Waals surface area (Å²) in [5, 5.41) is 20.6. The molecule has 0 radical (unpaired) electrons. The van der Waals surface area contributed by atoms with E-state index in [4.69, 9.17) is 10.6 Å². The summed E-state index contributed by atoms with van der Waals surface area (Å²) in [7, 11) is 0. The van der Waals surface area contributed by atoms with Crippen molar-refractivity contribution in [3.63, 3.8) is 0 Å². The average Bonchev–Trinajstić information content (AvgIpc) is 3.20. The number of aromatic nitrogens is 7. The third kappa shape index (κ3) is 3.96. The summed E-state index contributed by atoms with van der Waals surface area (Å²) < 4.78 is 9.14. The van der Waals surface area contributed by atoms with Gasteiger partial charge in [0, 0.05) is 6.54 Å². The van der Waals surface area contributed by atoms with Crippen LogP contribution in [0.5, 0.6) is 5.75 Å². The van der Waals surface area contributed by atoms with Crippen molar-refractivity contribution < 1.29 is 4.74 Å². The number of para-hydroxylation sites is 1. The molecule has 0 saturated carbocycles. The molecule has 3 rings (SSSR count). The molecule has 0 amide bonds. The molecule has 0 fully saturated rings. The van der Waals surface area contributed by atoms with Crippen molar-refractivity contribution in [1.82, 2.24) is 35.1 Å². The highest BCUT2D eigenvalue weighted by Gasteiger charge is 2.14. The Balaban J connectivity index is 1.63. The Hall–Kier alpha value is -2.62. The second kappa shape index (κ2) is 8.17. The summed E-state index contributed by atoms with van der Waals surface area (Å²) in [5.74, 6) is 8.88. The lowest BCUT2D eigenvalue weighted by Gasteiger charge is -2.11. The number of ether oxygens (including phenoxy) is 1. The van der Waals surface area contributed by atoms with Crippen LogP contribution >= 0.6 is 11.8 Å². The van der Waals surface area contributed by atoms with Crippen LogP contribution in [0.1, 0.15) is 36.1 Å². The van der Waals surface area contributed by atoms with Gasteiger partial charge in [-0.3, -0.25) is 0 Å². The molecule has 2 heterocycles. The van der Waals surface area contributed by atoms with E-state index in [-0.39, 0.29) is 6.61 Å². The third-order valence-electron chi connectivity index (χ3n) is 3.86. The van der Waals surface area contributed by atoms with Crippen molar-refractivity contribution in [1.29, 1.82) is 0 Å². The topological polar surface area (TPSA) is 110 Å². The number of aryl methyl sites for hydroxylation is 3. The molecule has 0 aliphatic carbocycles. The van der Waals surface area contributed by atoms with Gasteiger partial charge in [-0.15, -0.1) is 15.3 Å². The average molecular weight is 374 g/mol. The summed E-state index contributed by atoms with van der Waals surface area (Å²) in [6.45, 7) is 7.14. The summed E-state index contributed by atoms with van der Waals surface area (Å²) in [4.78, 5) is 0. The van der Waals surface area contributed by atoms with E-state index in [9.17, 15) is 0 Å². The monoisotopic (exact) mass is 374 g/mol. The Bertz CT molecular complexity index is 855. The first-order chi connectivity index (χ1) is 12.6. The normalized spacial score (nSPS) is 11.0. The van der Waals surface area contributed by atoms with Gasteiger partial charge in [0.25, 0.3) is 0 Å². The fraction of sp³-hybridized carbons (Fsp3) is 0.438. The minimum absolute atomic E-state index is 0.253. The van der Waals surface area contributed by atoms with Gasteiger partial charge in [-0.05, 0) is 41.8 Å². The van der Waals surface area contributed by atoms with Crippen molar-refractivity contribution in [2.45, 2.75) is 51.3 Å². The van der Waals surface area contributed by atoms with E-state index in [2.05, 4.69) is 32.6 Å². The highest BCUT2D eigenvalue weighted by Crippen LogP contribution is 2.24. The van der Waals surface area contributed by atoms with E-state index in [0.717, 1.165) is 35.7 Å². The Morgan fingerprint density at radius 1 is 1.12 bits per heavy atom. The zero-order valence-electron chi connectivity index (χ0n) is 15.1. The van der Waals surface area contributed by atoms with Gasteiger partial charge in [0.05, 0.1) is 5.75 Å². The van der Waals surface area contributed by atoms with Crippen LogP contribution in [0.4, 0.5) is 0 Å². The number of thioether (sulfide) groups is 1. The van der Waals surface area contributed by atoms with E-state index in [1.54, 1.807) is 4.68 Å². The van der Waals surface area contributed by atoms with Crippen molar-refractivity contribution >= 4 is 11.8 Å². The van der Waals surface area contributed by atoms with Gasteiger partial charge < -0.3 is 10.6 Å². The fourth-order valence-corrected chi connectivity index (χ4v) is 3.32. The maximum Gasteiger partial charge on any atom is 0.210 e. The molecule has 3 aromatic rings. The molecule has 2 N–H and O–H groups in total. The number of benzene rings is 1. The smallest absolute Gasteiger partial charge is 0.210 e. The summed E-state index contributed by atoms with van der Waals surface area (Å²) in [5.41, 5.74) is 2.15. The molecule has 0 spiro atoms. The molecule has 138 valence electrons. The minimum Gasteiger partial charge on any atom is -0.485 e. The SMILES string of the molecule is CCCn1nnnc1CSc1nnc(COc2c(C)cccc2C)n1N. The molecule has 0 unspecified atom stereocenters. The Kier molecular flexibility index (Phi) is 5.71. The van der Waals surface area contributed by atoms with E-state index >= 15 is 0 Å². The number of tetrazole rings is 1. The first kappa shape index (κ1) is 18.2. The van der Waals surface area contributed by atoms with Crippen LogP contribution in [-0.4, -0.2) is 35.1 Å². The standard InChI is InChI=1S/C16H22N8OS/c1-4-8-23-14(19-21-22-23)10-26-16-20-18-13(24(16)17)9-25-15-11(2)6-5-7-12(15)3/h5-7H,4,8-10,17H2,1-3H3. The fourth-order valence-electron chi connectivity index (χ4n) is 2.51. The van der Waals surface area contributed by atoms with Crippen LogP contribution in [0, 0.1) is 13.8 Å². The zero-order chi connectivity index (χ0) is 18.5. The third-order valence-corrected chi connectivity index (χ3v) is 4.80. The number of rotatable bonds is 8. The highest BCUT2D eigenvalue weighted by molar-refractivity contribution is 7.98. The molecule has 2 aromatic heterocycles. The van der Waals surface area contributed by atoms with Gasteiger partial charge in [0.2, 0.25) is 5.16 Å². The van der Waals surface area contributed by atoms with Crippen LogP contribution in [0.15, 0.2) is 23.4 Å². The highest BCUT2D eigenvalue weighted by atomic mass is 32.2. The van der Waals surface area contributed by atoms with E-state index in [1.165, 1.54) is 16.4 Å². The Morgan fingerprint density at radius 2 is 1.88 bits per heavy atom. The first-order valence-corrected chi connectivity index (χ1v) is 9.35. The quantitative estimate of drug-likeness (QED) is 0.470. The molecule has 26 heavy (non-hydrogen) atoms.